The molecule has 1 fully saturated rings. The lowest BCUT2D eigenvalue weighted by molar-refractivity contribution is 0.124. The minimum absolute atomic E-state index is 0.287. The number of nitrogens with two attached hydrogens (primary N) is 1. The second-order valence-corrected chi connectivity index (χ2v) is 6.20. The molecule has 1 aliphatic rings. The molecule has 0 amide bonds. The van der Waals surface area contributed by atoms with Gasteiger partial charge >= 0.3 is 0 Å². The third-order valence-electron chi connectivity index (χ3n) is 4.35. The van der Waals surface area contributed by atoms with Crippen molar-refractivity contribution in [2.45, 2.75) is 45.2 Å². The van der Waals surface area contributed by atoms with E-state index in [0.29, 0.717) is 6.04 Å². The van der Waals surface area contributed by atoms with E-state index in [1.807, 2.05) is 0 Å². The summed E-state index contributed by atoms with van der Waals surface area (Å²) in [6.07, 6.45) is 2.42. The molecular formula is C16H26N2. The molecule has 0 aromatic heterocycles. The maximum Gasteiger partial charge on any atom is 0.0325 e. The quantitative estimate of drug-likeness (QED) is 0.884. The molecule has 2 unspecified atom stereocenters. The van der Waals surface area contributed by atoms with Gasteiger partial charge in [-0.3, -0.25) is 4.90 Å². The van der Waals surface area contributed by atoms with Crippen LogP contribution in [0.1, 0.15) is 45.2 Å². The van der Waals surface area contributed by atoms with E-state index in [1.165, 1.54) is 18.5 Å². The number of nitrogens with zero attached hydrogens (tertiary/aromatic N) is 1. The van der Waals surface area contributed by atoms with Crippen LogP contribution < -0.4 is 5.73 Å². The van der Waals surface area contributed by atoms with Crippen molar-refractivity contribution in [2.24, 2.45) is 11.7 Å². The predicted octanol–water partition coefficient (Wildman–Crippen LogP) is 3.20. The zero-order chi connectivity index (χ0) is 13.2. The van der Waals surface area contributed by atoms with Crippen LogP contribution in [0, 0.1) is 5.92 Å². The standard InChI is InChI=1S/C16H26N2/c1-13(15-7-5-4-6-8-15)18-12-14(9-10-17)11-16(18,2)3/h4-8,13-14H,9-12,17H2,1-3H3. The number of hydrogen-bond donors (Lipinski definition) is 1. The van der Waals surface area contributed by atoms with Gasteiger partial charge in [-0.05, 0) is 51.6 Å². The topological polar surface area (TPSA) is 29.3 Å². The van der Waals surface area contributed by atoms with Crippen molar-refractivity contribution in [3.8, 4) is 0 Å². The highest BCUT2D eigenvalue weighted by Gasteiger charge is 2.40. The first-order chi connectivity index (χ1) is 8.54. The van der Waals surface area contributed by atoms with E-state index < -0.39 is 0 Å². The number of benzene rings is 1. The SMILES string of the molecule is CC(c1ccccc1)N1CC(CCN)CC1(C)C. The zero-order valence-corrected chi connectivity index (χ0v) is 11.9. The van der Waals surface area contributed by atoms with Crippen molar-refractivity contribution >= 4 is 0 Å². The average Bonchev–Trinajstić information content (AvgIpc) is 2.65. The van der Waals surface area contributed by atoms with Gasteiger partial charge in [0.25, 0.3) is 0 Å². The Balaban J connectivity index is 2.12. The maximum atomic E-state index is 5.71. The fourth-order valence-corrected chi connectivity index (χ4v) is 3.44. The summed E-state index contributed by atoms with van der Waals surface area (Å²) in [6, 6.07) is 11.3. The lowest BCUT2D eigenvalue weighted by Gasteiger charge is -2.36. The number of likely N-dealkylation sites (tertiary alicyclic amines) is 1. The van der Waals surface area contributed by atoms with Crippen LogP contribution in [-0.4, -0.2) is 23.5 Å². The Kier molecular flexibility index (Phi) is 4.08. The Morgan fingerprint density at radius 1 is 1.33 bits per heavy atom. The molecule has 2 rings (SSSR count). The Morgan fingerprint density at radius 2 is 2.00 bits per heavy atom. The first-order valence-electron chi connectivity index (χ1n) is 7.06. The van der Waals surface area contributed by atoms with E-state index in [1.54, 1.807) is 0 Å². The Morgan fingerprint density at radius 3 is 2.61 bits per heavy atom. The van der Waals surface area contributed by atoms with Crippen molar-refractivity contribution in [1.29, 1.82) is 0 Å². The van der Waals surface area contributed by atoms with Gasteiger partial charge < -0.3 is 5.73 Å². The zero-order valence-electron chi connectivity index (χ0n) is 11.9. The molecular weight excluding hydrogens is 220 g/mol. The molecule has 2 heteroatoms. The molecule has 100 valence electrons. The van der Waals surface area contributed by atoms with Crippen LogP contribution in [0.3, 0.4) is 0 Å². The molecule has 0 bridgehead atoms. The summed E-state index contributed by atoms with van der Waals surface area (Å²) in [7, 11) is 0. The Hall–Kier alpha value is -0.860. The van der Waals surface area contributed by atoms with Crippen LogP contribution in [0.25, 0.3) is 0 Å². The summed E-state index contributed by atoms with van der Waals surface area (Å²) in [5.74, 6) is 0.760. The number of rotatable bonds is 4. The summed E-state index contributed by atoms with van der Waals surface area (Å²) in [5, 5.41) is 0. The second-order valence-electron chi connectivity index (χ2n) is 6.20. The molecule has 0 radical (unpaired) electrons. The minimum atomic E-state index is 0.287. The van der Waals surface area contributed by atoms with E-state index in [4.69, 9.17) is 5.73 Å². The minimum Gasteiger partial charge on any atom is -0.330 e. The van der Waals surface area contributed by atoms with Crippen molar-refractivity contribution in [2.75, 3.05) is 13.1 Å². The Labute approximate surface area is 111 Å². The lowest BCUT2D eigenvalue weighted by atomic mass is 9.93. The highest BCUT2D eigenvalue weighted by Crippen LogP contribution is 2.39. The second kappa shape index (κ2) is 5.41. The fourth-order valence-electron chi connectivity index (χ4n) is 3.44. The molecule has 1 aromatic carbocycles. The molecule has 0 aliphatic carbocycles. The van der Waals surface area contributed by atoms with Gasteiger partial charge in [-0.2, -0.15) is 0 Å². The van der Waals surface area contributed by atoms with Gasteiger partial charge in [0, 0.05) is 18.1 Å². The maximum absolute atomic E-state index is 5.71. The molecule has 0 saturated carbocycles. The summed E-state index contributed by atoms with van der Waals surface area (Å²) in [4.78, 5) is 2.64. The van der Waals surface area contributed by atoms with Crippen molar-refractivity contribution in [1.82, 2.24) is 4.90 Å². The number of hydrogen-bond acceptors (Lipinski definition) is 2. The first kappa shape index (κ1) is 13.6. The smallest absolute Gasteiger partial charge is 0.0325 e. The van der Waals surface area contributed by atoms with Crippen LogP contribution in [0.2, 0.25) is 0 Å². The Bertz CT molecular complexity index is 372. The van der Waals surface area contributed by atoms with E-state index in [9.17, 15) is 0 Å². The monoisotopic (exact) mass is 246 g/mol. The summed E-state index contributed by atoms with van der Waals surface area (Å²) >= 11 is 0. The van der Waals surface area contributed by atoms with Crippen LogP contribution in [-0.2, 0) is 0 Å². The van der Waals surface area contributed by atoms with Crippen molar-refractivity contribution in [3.63, 3.8) is 0 Å². The normalized spacial score (nSPS) is 25.2. The van der Waals surface area contributed by atoms with E-state index in [2.05, 4.69) is 56.0 Å². The van der Waals surface area contributed by atoms with Gasteiger partial charge in [-0.1, -0.05) is 30.3 Å². The predicted molar refractivity (Wildman–Crippen MR) is 77.4 cm³/mol. The molecule has 1 aromatic rings. The van der Waals surface area contributed by atoms with E-state index in [0.717, 1.165) is 18.9 Å². The average molecular weight is 246 g/mol. The van der Waals surface area contributed by atoms with Crippen molar-refractivity contribution in [3.05, 3.63) is 35.9 Å². The van der Waals surface area contributed by atoms with Crippen LogP contribution in [0.5, 0.6) is 0 Å². The van der Waals surface area contributed by atoms with Crippen LogP contribution in [0.4, 0.5) is 0 Å². The van der Waals surface area contributed by atoms with Gasteiger partial charge in [-0.25, -0.2) is 0 Å². The van der Waals surface area contributed by atoms with Gasteiger partial charge in [0.2, 0.25) is 0 Å². The molecule has 0 spiro atoms. The summed E-state index contributed by atoms with van der Waals surface area (Å²) < 4.78 is 0. The summed E-state index contributed by atoms with van der Waals surface area (Å²) in [5.41, 5.74) is 7.41. The largest absolute Gasteiger partial charge is 0.330 e. The van der Waals surface area contributed by atoms with Gasteiger partial charge in [0.05, 0.1) is 0 Å². The van der Waals surface area contributed by atoms with Crippen LogP contribution >= 0.6 is 0 Å². The molecule has 1 aliphatic heterocycles. The van der Waals surface area contributed by atoms with E-state index >= 15 is 0 Å². The van der Waals surface area contributed by atoms with Crippen LogP contribution in [0.15, 0.2) is 30.3 Å². The molecule has 1 saturated heterocycles. The molecule has 2 nitrogen and oxygen atoms in total. The highest BCUT2D eigenvalue weighted by atomic mass is 15.2. The molecule has 2 N–H and O–H groups in total. The lowest BCUT2D eigenvalue weighted by Crippen LogP contribution is -2.39. The van der Waals surface area contributed by atoms with Crippen molar-refractivity contribution < 1.29 is 0 Å². The van der Waals surface area contributed by atoms with Gasteiger partial charge in [0.15, 0.2) is 0 Å². The third kappa shape index (κ3) is 2.76. The molecule has 1 heterocycles. The first-order valence-corrected chi connectivity index (χ1v) is 7.06. The van der Waals surface area contributed by atoms with E-state index in [-0.39, 0.29) is 5.54 Å². The molecule has 2 atom stereocenters. The third-order valence-corrected chi connectivity index (χ3v) is 4.35. The van der Waals surface area contributed by atoms with Gasteiger partial charge in [-0.15, -0.1) is 0 Å². The highest BCUT2D eigenvalue weighted by molar-refractivity contribution is 5.19. The van der Waals surface area contributed by atoms with Gasteiger partial charge in [0.1, 0.15) is 0 Å². The molecule has 18 heavy (non-hydrogen) atoms. The fraction of sp³-hybridized carbons (Fsp3) is 0.625. The summed E-state index contributed by atoms with van der Waals surface area (Å²) in [6.45, 7) is 9.04.